The predicted molar refractivity (Wildman–Crippen MR) is 108 cm³/mol. The number of amides is 2. The molecular formula is C22H21FN2O6. The summed E-state index contributed by atoms with van der Waals surface area (Å²) >= 11 is 0. The molecule has 0 bridgehead atoms. The van der Waals surface area contributed by atoms with Crippen molar-refractivity contribution in [2.45, 2.75) is 13.0 Å². The van der Waals surface area contributed by atoms with Crippen LogP contribution < -0.4 is 15.4 Å². The Kier molecular flexibility index (Phi) is 6.86. The Morgan fingerprint density at radius 2 is 1.74 bits per heavy atom. The van der Waals surface area contributed by atoms with Gasteiger partial charge in [-0.25, -0.2) is 18.8 Å². The van der Waals surface area contributed by atoms with Gasteiger partial charge in [-0.1, -0.05) is 24.3 Å². The van der Waals surface area contributed by atoms with Gasteiger partial charge < -0.3 is 24.8 Å². The van der Waals surface area contributed by atoms with Gasteiger partial charge in [0.25, 0.3) is 0 Å². The SMILES string of the molecule is CCOC(=O)C1=C(COC(=O)c2ccccc2F)NC(=O)NC1c1ccc(OC)cc1. The Morgan fingerprint density at radius 3 is 2.39 bits per heavy atom. The van der Waals surface area contributed by atoms with Crippen LogP contribution in [0.25, 0.3) is 0 Å². The van der Waals surface area contributed by atoms with Crippen LogP contribution in [0, 0.1) is 5.82 Å². The quantitative estimate of drug-likeness (QED) is 0.658. The summed E-state index contributed by atoms with van der Waals surface area (Å²) in [4.78, 5) is 37.2. The van der Waals surface area contributed by atoms with Gasteiger partial charge >= 0.3 is 18.0 Å². The zero-order chi connectivity index (χ0) is 22.4. The molecule has 1 heterocycles. The van der Waals surface area contributed by atoms with Crippen molar-refractivity contribution >= 4 is 18.0 Å². The summed E-state index contributed by atoms with van der Waals surface area (Å²) in [7, 11) is 1.52. The lowest BCUT2D eigenvalue weighted by atomic mass is 9.95. The molecule has 1 aliphatic rings. The van der Waals surface area contributed by atoms with Crippen LogP contribution in [-0.4, -0.2) is 38.3 Å². The number of nitrogens with one attached hydrogen (secondary N) is 2. The Labute approximate surface area is 178 Å². The number of urea groups is 1. The number of carbonyl (C=O) groups excluding carboxylic acids is 3. The van der Waals surface area contributed by atoms with E-state index >= 15 is 0 Å². The van der Waals surface area contributed by atoms with Gasteiger partial charge in [0.1, 0.15) is 18.2 Å². The third-order valence-corrected chi connectivity index (χ3v) is 4.54. The van der Waals surface area contributed by atoms with E-state index in [-0.39, 0.29) is 23.4 Å². The summed E-state index contributed by atoms with van der Waals surface area (Å²) in [6, 6.07) is 10.7. The molecule has 8 nitrogen and oxygen atoms in total. The van der Waals surface area contributed by atoms with E-state index in [0.717, 1.165) is 6.07 Å². The van der Waals surface area contributed by atoms with Gasteiger partial charge in [-0.2, -0.15) is 0 Å². The van der Waals surface area contributed by atoms with E-state index in [9.17, 15) is 18.8 Å². The van der Waals surface area contributed by atoms with Gasteiger partial charge in [0.05, 0.1) is 36.6 Å². The average molecular weight is 428 g/mol. The lowest BCUT2D eigenvalue weighted by Gasteiger charge is -2.29. The van der Waals surface area contributed by atoms with Crippen LogP contribution in [-0.2, 0) is 14.3 Å². The number of rotatable bonds is 7. The van der Waals surface area contributed by atoms with Crippen molar-refractivity contribution < 1.29 is 33.0 Å². The second-order valence-electron chi connectivity index (χ2n) is 6.47. The third kappa shape index (κ3) is 5.00. The molecule has 0 radical (unpaired) electrons. The van der Waals surface area contributed by atoms with E-state index in [4.69, 9.17) is 14.2 Å². The first kappa shape index (κ1) is 21.8. The Balaban J connectivity index is 1.93. The minimum atomic E-state index is -0.928. The highest BCUT2D eigenvalue weighted by Gasteiger charge is 2.34. The Morgan fingerprint density at radius 1 is 1.03 bits per heavy atom. The lowest BCUT2D eigenvalue weighted by Crippen LogP contribution is -2.47. The maximum absolute atomic E-state index is 13.8. The van der Waals surface area contributed by atoms with Crippen LogP contribution in [0.15, 0.2) is 59.8 Å². The molecule has 162 valence electrons. The molecule has 0 saturated carbocycles. The fraction of sp³-hybridized carbons (Fsp3) is 0.227. The molecule has 3 rings (SSSR count). The minimum Gasteiger partial charge on any atom is -0.497 e. The van der Waals surface area contributed by atoms with E-state index in [0.29, 0.717) is 11.3 Å². The second-order valence-corrected chi connectivity index (χ2v) is 6.47. The summed E-state index contributed by atoms with van der Waals surface area (Å²) in [5.41, 5.74) is 0.463. The highest BCUT2D eigenvalue weighted by atomic mass is 19.1. The normalized spacial score (nSPS) is 15.6. The number of benzene rings is 2. The first-order valence-corrected chi connectivity index (χ1v) is 9.47. The smallest absolute Gasteiger partial charge is 0.341 e. The van der Waals surface area contributed by atoms with E-state index in [2.05, 4.69) is 10.6 Å². The summed E-state index contributed by atoms with van der Waals surface area (Å²) in [6.07, 6.45) is 0. The maximum atomic E-state index is 13.8. The van der Waals surface area contributed by atoms with E-state index in [1.807, 2.05) is 0 Å². The average Bonchev–Trinajstić information content (AvgIpc) is 2.77. The number of hydrogen-bond donors (Lipinski definition) is 2. The number of carbonyl (C=O) groups is 3. The number of esters is 2. The fourth-order valence-corrected chi connectivity index (χ4v) is 3.07. The van der Waals surface area contributed by atoms with E-state index in [1.54, 1.807) is 31.2 Å². The van der Waals surface area contributed by atoms with Crippen LogP contribution in [0.1, 0.15) is 28.9 Å². The summed E-state index contributed by atoms with van der Waals surface area (Å²) in [6.45, 7) is 1.29. The van der Waals surface area contributed by atoms with Crippen LogP contribution in [0.3, 0.4) is 0 Å². The largest absolute Gasteiger partial charge is 0.497 e. The van der Waals surface area contributed by atoms with Crippen molar-refractivity contribution in [1.29, 1.82) is 0 Å². The first-order valence-electron chi connectivity index (χ1n) is 9.47. The van der Waals surface area contributed by atoms with Crippen molar-refractivity contribution in [3.63, 3.8) is 0 Å². The molecule has 1 atom stereocenters. The van der Waals surface area contributed by atoms with Gasteiger partial charge in [-0.05, 0) is 36.8 Å². The summed E-state index contributed by atoms with van der Waals surface area (Å²) in [5, 5.41) is 5.15. The standard InChI is InChI=1S/C22H21FN2O6/c1-3-30-21(27)18-17(12-31-20(26)15-6-4-5-7-16(15)23)24-22(28)25-19(18)13-8-10-14(29-2)11-9-13/h4-11,19H,3,12H2,1-2H3,(H2,24,25,28). The van der Waals surface area contributed by atoms with Crippen molar-refractivity contribution in [3.8, 4) is 5.75 Å². The lowest BCUT2D eigenvalue weighted by molar-refractivity contribution is -0.139. The zero-order valence-electron chi connectivity index (χ0n) is 16.9. The summed E-state index contributed by atoms with van der Waals surface area (Å²) < 4.78 is 29.3. The number of methoxy groups -OCH3 is 1. The van der Waals surface area contributed by atoms with E-state index < -0.39 is 36.4 Å². The highest BCUT2D eigenvalue weighted by molar-refractivity contribution is 5.95. The molecule has 2 amide bonds. The molecule has 1 unspecified atom stereocenters. The predicted octanol–water partition coefficient (Wildman–Crippen LogP) is 2.86. The molecule has 0 saturated heterocycles. The van der Waals surface area contributed by atoms with Crippen molar-refractivity contribution in [3.05, 3.63) is 76.7 Å². The highest BCUT2D eigenvalue weighted by Crippen LogP contribution is 2.29. The monoisotopic (exact) mass is 428 g/mol. The number of halogens is 1. The van der Waals surface area contributed by atoms with Gasteiger partial charge in [0.2, 0.25) is 0 Å². The molecule has 31 heavy (non-hydrogen) atoms. The van der Waals surface area contributed by atoms with Crippen LogP contribution in [0.5, 0.6) is 5.75 Å². The van der Waals surface area contributed by atoms with Gasteiger partial charge in [0.15, 0.2) is 0 Å². The Hall–Kier alpha value is -3.88. The third-order valence-electron chi connectivity index (χ3n) is 4.54. The molecular weight excluding hydrogens is 407 g/mol. The molecule has 2 N–H and O–H groups in total. The van der Waals surface area contributed by atoms with Crippen LogP contribution in [0.2, 0.25) is 0 Å². The topological polar surface area (TPSA) is 103 Å². The van der Waals surface area contributed by atoms with Crippen LogP contribution >= 0.6 is 0 Å². The minimum absolute atomic E-state index is 0.0488. The van der Waals surface area contributed by atoms with E-state index in [1.165, 1.54) is 25.3 Å². The molecule has 1 aliphatic heterocycles. The number of ether oxygens (including phenoxy) is 3. The first-order chi connectivity index (χ1) is 14.9. The molecule has 9 heteroatoms. The van der Waals surface area contributed by atoms with Gasteiger partial charge in [-0.3, -0.25) is 0 Å². The fourth-order valence-electron chi connectivity index (χ4n) is 3.07. The molecule has 2 aromatic carbocycles. The van der Waals surface area contributed by atoms with Crippen molar-refractivity contribution in [1.82, 2.24) is 10.6 Å². The molecule has 0 spiro atoms. The van der Waals surface area contributed by atoms with Gasteiger partial charge in [-0.15, -0.1) is 0 Å². The molecule has 2 aromatic rings. The van der Waals surface area contributed by atoms with Crippen LogP contribution in [0.4, 0.5) is 9.18 Å². The van der Waals surface area contributed by atoms with Crippen molar-refractivity contribution in [2.24, 2.45) is 0 Å². The Bertz CT molecular complexity index is 1020. The molecule has 0 aromatic heterocycles. The van der Waals surface area contributed by atoms with Crippen molar-refractivity contribution in [2.75, 3.05) is 20.3 Å². The van der Waals surface area contributed by atoms with Gasteiger partial charge in [0, 0.05) is 0 Å². The molecule has 0 fully saturated rings. The maximum Gasteiger partial charge on any atom is 0.341 e. The zero-order valence-corrected chi connectivity index (χ0v) is 16.9. The molecule has 0 aliphatic carbocycles. The summed E-state index contributed by atoms with van der Waals surface area (Å²) in [5.74, 6) is -1.75. The number of hydrogen-bond acceptors (Lipinski definition) is 6. The second kappa shape index (κ2) is 9.75.